The molecular formula is C19H12Cl2I2N2O3S. The topological polar surface area (TPSA) is 58.6 Å². The van der Waals surface area contributed by atoms with E-state index in [0.29, 0.717) is 21.4 Å². The number of thiocarbonyl (C=S) groups is 1. The summed E-state index contributed by atoms with van der Waals surface area (Å²) in [6.07, 6.45) is 1.54. The van der Waals surface area contributed by atoms with Crippen LogP contribution >= 0.6 is 80.6 Å². The van der Waals surface area contributed by atoms with Gasteiger partial charge in [0.05, 0.1) is 7.14 Å². The predicted octanol–water partition coefficient (Wildman–Crippen LogP) is 5.04. The number of carbonyl (C=O) groups is 2. The summed E-state index contributed by atoms with van der Waals surface area (Å²) in [7, 11) is 1.52. The van der Waals surface area contributed by atoms with E-state index in [0.717, 1.165) is 12.7 Å². The van der Waals surface area contributed by atoms with Crippen LogP contribution < -0.4 is 10.1 Å². The number of amides is 2. The SMILES string of the molecule is CN1C(=O)/C(=C/c2cc(I)c(OCc3ccc(Cl)cc3Cl)c(I)c2)C(=O)NC1=S. The zero-order chi connectivity index (χ0) is 21.3. The molecule has 0 saturated carbocycles. The molecule has 29 heavy (non-hydrogen) atoms. The third-order valence-electron chi connectivity index (χ3n) is 4.02. The molecule has 1 aliphatic rings. The molecule has 0 spiro atoms. The number of nitrogens with zero attached hydrogens (tertiary/aromatic N) is 1. The highest BCUT2D eigenvalue weighted by Gasteiger charge is 2.30. The van der Waals surface area contributed by atoms with Crippen LogP contribution in [-0.4, -0.2) is 28.9 Å². The first-order valence-corrected chi connectivity index (χ1v) is 11.4. The first-order valence-electron chi connectivity index (χ1n) is 8.08. The highest BCUT2D eigenvalue weighted by molar-refractivity contribution is 14.1. The van der Waals surface area contributed by atoms with Gasteiger partial charge >= 0.3 is 0 Å². The second-order valence-corrected chi connectivity index (χ2v) is 9.57. The summed E-state index contributed by atoms with van der Waals surface area (Å²) in [5.41, 5.74) is 1.54. The van der Waals surface area contributed by atoms with Gasteiger partial charge in [-0.2, -0.15) is 0 Å². The Morgan fingerprint density at radius 1 is 1.17 bits per heavy atom. The Morgan fingerprint density at radius 3 is 2.45 bits per heavy atom. The summed E-state index contributed by atoms with van der Waals surface area (Å²) >= 11 is 21.4. The number of hydrogen-bond donors (Lipinski definition) is 1. The van der Waals surface area contributed by atoms with E-state index in [4.69, 9.17) is 40.2 Å². The van der Waals surface area contributed by atoms with Gasteiger partial charge < -0.3 is 4.74 Å². The lowest BCUT2D eigenvalue weighted by molar-refractivity contribution is -0.128. The average molecular weight is 673 g/mol. The van der Waals surface area contributed by atoms with Crippen LogP contribution in [0.15, 0.2) is 35.9 Å². The molecule has 0 unspecified atom stereocenters. The van der Waals surface area contributed by atoms with Crippen molar-refractivity contribution in [3.8, 4) is 5.75 Å². The normalized spacial score (nSPS) is 15.7. The van der Waals surface area contributed by atoms with Crippen molar-refractivity contribution in [1.82, 2.24) is 10.2 Å². The van der Waals surface area contributed by atoms with Crippen molar-refractivity contribution >= 4 is 104 Å². The molecule has 2 amide bonds. The highest BCUT2D eigenvalue weighted by atomic mass is 127. The van der Waals surface area contributed by atoms with E-state index >= 15 is 0 Å². The van der Waals surface area contributed by atoms with E-state index in [2.05, 4.69) is 50.5 Å². The maximum Gasteiger partial charge on any atom is 0.265 e. The molecule has 0 aliphatic carbocycles. The van der Waals surface area contributed by atoms with E-state index in [1.165, 1.54) is 11.9 Å². The average Bonchev–Trinajstić information content (AvgIpc) is 2.64. The van der Waals surface area contributed by atoms with Gasteiger partial charge in [0.2, 0.25) is 0 Å². The van der Waals surface area contributed by atoms with Crippen LogP contribution in [-0.2, 0) is 16.2 Å². The number of likely N-dealkylation sites (N-methyl/N-ethyl adjacent to an activating group) is 1. The first-order chi connectivity index (χ1) is 13.7. The van der Waals surface area contributed by atoms with Crippen LogP contribution in [0.1, 0.15) is 11.1 Å². The van der Waals surface area contributed by atoms with Gasteiger partial charge in [0.25, 0.3) is 11.8 Å². The minimum absolute atomic E-state index is 0.0225. The van der Waals surface area contributed by atoms with Crippen molar-refractivity contribution in [1.29, 1.82) is 0 Å². The number of ether oxygens (including phenoxy) is 1. The smallest absolute Gasteiger partial charge is 0.265 e. The van der Waals surface area contributed by atoms with Gasteiger partial charge in [0, 0.05) is 22.7 Å². The molecule has 1 aliphatic heterocycles. The molecule has 10 heteroatoms. The Kier molecular flexibility index (Phi) is 7.41. The lowest BCUT2D eigenvalue weighted by Gasteiger charge is -2.25. The molecule has 1 fully saturated rings. The van der Waals surface area contributed by atoms with Gasteiger partial charge in [0.1, 0.15) is 17.9 Å². The molecule has 5 nitrogen and oxygen atoms in total. The zero-order valence-electron chi connectivity index (χ0n) is 14.8. The van der Waals surface area contributed by atoms with Crippen LogP contribution in [0, 0.1) is 7.14 Å². The predicted molar refractivity (Wildman–Crippen MR) is 134 cm³/mol. The lowest BCUT2D eigenvalue weighted by Crippen LogP contribution is -2.52. The summed E-state index contributed by atoms with van der Waals surface area (Å²) in [6.45, 7) is 0.283. The van der Waals surface area contributed by atoms with Crippen LogP contribution in [0.25, 0.3) is 6.08 Å². The standard InChI is InChI=1S/C19H12Cl2I2N2O3S/c1-25-18(27)12(17(26)24-19(25)29)4-9-5-14(22)16(15(23)6-9)28-8-10-2-3-11(20)7-13(10)21/h2-7H,8H2,1H3,(H,24,26,29)/b12-4+. The van der Waals surface area contributed by atoms with E-state index < -0.39 is 11.8 Å². The molecule has 150 valence electrons. The number of hydrogen-bond acceptors (Lipinski definition) is 4. The molecule has 2 aromatic rings. The largest absolute Gasteiger partial charge is 0.487 e. The third-order valence-corrected chi connectivity index (χ3v) is 6.59. The minimum atomic E-state index is -0.513. The molecule has 0 atom stereocenters. The quantitative estimate of drug-likeness (QED) is 0.214. The van der Waals surface area contributed by atoms with Gasteiger partial charge in [-0.1, -0.05) is 29.3 Å². The Bertz CT molecular complexity index is 1050. The van der Waals surface area contributed by atoms with Gasteiger partial charge in [0.15, 0.2) is 5.11 Å². The minimum Gasteiger partial charge on any atom is -0.487 e. The van der Waals surface area contributed by atoms with Crippen molar-refractivity contribution in [3.05, 3.63) is 64.2 Å². The summed E-state index contributed by atoms with van der Waals surface area (Å²) in [5.74, 6) is -0.264. The molecule has 2 aromatic carbocycles. The Hall–Kier alpha value is -0.950. The van der Waals surface area contributed by atoms with Crippen molar-refractivity contribution in [3.63, 3.8) is 0 Å². The highest BCUT2D eigenvalue weighted by Crippen LogP contribution is 2.32. The number of benzene rings is 2. The van der Waals surface area contributed by atoms with Gasteiger partial charge in [-0.05, 0) is 93.3 Å². The lowest BCUT2D eigenvalue weighted by atomic mass is 10.1. The van der Waals surface area contributed by atoms with E-state index in [-0.39, 0.29) is 17.3 Å². The maximum atomic E-state index is 12.4. The Morgan fingerprint density at radius 2 is 1.83 bits per heavy atom. The van der Waals surface area contributed by atoms with Gasteiger partial charge in [-0.25, -0.2) is 0 Å². The Labute approximate surface area is 210 Å². The summed E-state index contributed by atoms with van der Waals surface area (Å²) in [6, 6.07) is 8.91. The number of nitrogens with one attached hydrogen (secondary N) is 1. The van der Waals surface area contributed by atoms with Crippen molar-refractivity contribution in [2.45, 2.75) is 6.61 Å². The molecule has 1 saturated heterocycles. The summed E-state index contributed by atoms with van der Waals surface area (Å²) in [4.78, 5) is 25.7. The molecule has 0 radical (unpaired) electrons. The fraction of sp³-hybridized carbons (Fsp3) is 0.105. The Balaban J connectivity index is 1.85. The van der Waals surface area contributed by atoms with Crippen molar-refractivity contribution in [2.24, 2.45) is 0 Å². The molecule has 3 rings (SSSR count). The summed E-state index contributed by atoms with van der Waals surface area (Å²) in [5, 5.41) is 3.68. The van der Waals surface area contributed by atoms with Crippen LogP contribution in [0.4, 0.5) is 0 Å². The fourth-order valence-corrected chi connectivity index (χ4v) is 5.27. The van der Waals surface area contributed by atoms with Crippen molar-refractivity contribution < 1.29 is 14.3 Å². The van der Waals surface area contributed by atoms with Crippen LogP contribution in [0.3, 0.4) is 0 Å². The molecule has 1 N–H and O–H groups in total. The first kappa shape index (κ1) is 22.7. The van der Waals surface area contributed by atoms with Crippen LogP contribution in [0.5, 0.6) is 5.75 Å². The van der Waals surface area contributed by atoms with Crippen LogP contribution in [0.2, 0.25) is 10.0 Å². The monoisotopic (exact) mass is 672 g/mol. The third kappa shape index (κ3) is 5.22. The van der Waals surface area contributed by atoms with Crippen molar-refractivity contribution in [2.75, 3.05) is 7.05 Å². The molecule has 0 bridgehead atoms. The zero-order valence-corrected chi connectivity index (χ0v) is 21.4. The van der Waals surface area contributed by atoms with E-state index in [1.807, 2.05) is 18.2 Å². The second kappa shape index (κ2) is 9.46. The van der Waals surface area contributed by atoms with Gasteiger partial charge in [-0.15, -0.1) is 0 Å². The fourth-order valence-electron chi connectivity index (χ4n) is 2.50. The van der Waals surface area contributed by atoms with E-state index in [9.17, 15) is 9.59 Å². The molecule has 0 aromatic heterocycles. The number of rotatable bonds is 4. The number of halogens is 4. The number of carbonyl (C=O) groups excluding carboxylic acids is 2. The maximum absolute atomic E-state index is 12.4. The molecule has 1 heterocycles. The molecular weight excluding hydrogens is 661 g/mol. The van der Waals surface area contributed by atoms with E-state index in [1.54, 1.807) is 18.2 Å². The van der Waals surface area contributed by atoms with Gasteiger partial charge in [-0.3, -0.25) is 19.8 Å². The summed E-state index contributed by atoms with van der Waals surface area (Å²) < 4.78 is 7.62. The second-order valence-electron chi connectivity index (χ2n) is 6.02.